The number of hydrogen-bond donors (Lipinski definition) is 2. The van der Waals surface area contributed by atoms with Gasteiger partial charge in [0.05, 0.1) is 6.54 Å². The van der Waals surface area contributed by atoms with E-state index in [1.165, 1.54) is 32.1 Å². The maximum atomic E-state index is 4.94. The lowest BCUT2D eigenvalue weighted by Crippen LogP contribution is -2.42. The highest BCUT2D eigenvalue weighted by atomic mass is 16.5. The molecule has 20 heavy (non-hydrogen) atoms. The summed E-state index contributed by atoms with van der Waals surface area (Å²) in [5, 5.41) is 10.5. The first-order chi connectivity index (χ1) is 9.67. The Morgan fingerprint density at radius 1 is 1.35 bits per heavy atom. The molecule has 1 fully saturated rings. The summed E-state index contributed by atoms with van der Waals surface area (Å²) in [6.45, 7) is 5.57. The molecule has 0 aromatic carbocycles. The van der Waals surface area contributed by atoms with Crippen LogP contribution in [0.3, 0.4) is 0 Å². The van der Waals surface area contributed by atoms with Gasteiger partial charge in [-0.2, -0.15) is 4.98 Å². The number of guanidine groups is 1. The molecule has 1 aromatic heterocycles. The normalized spacial score (nSPS) is 18.2. The minimum Gasteiger partial charge on any atom is -0.356 e. The van der Waals surface area contributed by atoms with E-state index in [0.717, 1.165) is 12.5 Å². The van der Waals surface area contributed by atoms with Crippen LogP contribution in [0, 0.1) is 12.3 Å². The zero-order chi connectivity index (χ0) is 14.4. The third-order valence-corrected chi connectivity index (χ3v) is 4.25. The minimum absolute atomic E-state index is 0.445. The summed E-state index contributed by atoms with van der Waals surface area (Å²) >= 11 is 0. The fraction of sp³-hybridized carbons (Fsp3) is 0.786. The van der Waals surface area contributed by atoms with Crippen LogP contribution in [0.5, 0.6) is 0 Å². The van der Waals surface area contributed by atoms with E-state index in [-0.39, 0.29) is 0 Å². The monoisotopic (exact) mass is 279 g/mol. The summed E-state index contributed by atoms with van der Waals surface area (Å²) < 4.78 is 4.94. The fourth-order valence-electron chi connectivity index (χ4n) is 2.85. The van der Waals surface area contributed by atoms with Gasteiger partial charge in [-0.15, -0.1) is 0 Å². The van der Waals surface area contributed by atoms with Gasteiger partial charge in [0.2, 0.25) is 5.89 Å². The summed E-state index contributed by atoms with van der Waals surface area (Å²) in [4.78, 5) is 8.41. The minimum atomic E-state index is 0.445. The van der Waals surface area contributed by atoms with Gasteiger partial charge in [0.15, 0.2) is 11.8 Å². The molecule has 0 aliphatic heterocycles. The van der Waals surface area contributed by atoms with Gasteiger partial charge in [0, 0.05) is 20.5 Å². The van der Waals surface area contributed by atoms with Crippen LogP contribution in [0.2, 0.25) is 0 Å². The number of nitrogens with one attached hydrogen (secondary N) is 2. The lowest BCUT2D eigenvalue weighted by Gasteiger charge is -2.28. The Labute approximate surface area is 120 Å². The van der Waals surface area contributed by atoms with Crippen molar-refractivity contribution in [1.29, 1.82) is 0 Å². The molecule has 1 aliphatic carbocycles. The standard InChI is InChI=1S/C14H25N5O/c1-4-14(7-5-6-8-14)10-17-13(15-3)16-9-12-18-11(2)20-19-12/h4-10H2,1-3H3,(H2,15,16,17). The number of nitrogens with zero attached hydrogens (tertiary/aromatic N) is 3. The van der Waals surface area contributed by atoms with E-state index < -0.39 is 0 Å². The van der Waals surface area contributed by atoms with Crippen LogP contribution < -0.4 is 10.6 Å². The second-order valence-corrected chi connectivity index (χ2v) is 5.57. The first-order valence-corrected chi connectivity index (χ1v) is 7.41. The van der Waals surface area contributed by atoms with Crippen LogP contribution in [0.1, 0.15) is 50.7 Å². The third-order valence-electron chi connectivity index (χ3n) is 4.25. The van der Waals surface area contributed by atoms with Gasteiger partial charge in [-0.05, 0) is 24.7 Å². The molecule has 0 unspecified atom stereocenters. The first kappa shape index (κ1) is 14.8. The topological polar surface area (TPSA) is 75.3 Å². The Balaban J connectivity index is 1.80. The molecule has 1 aromatic rings. The molecule has 6 nitrogen and oxygen atoms in total. The number of aryl methyl sites for hydroxylation is 1. The molecular formula is C14H25N5O. The number of rotatable bonds is 5. The quantitative estimate of drug-likeness (QED) is 0.637. The predicted molar refractivity (Wildman–Crippen MR) is 78.4 cm³/mol. The second kappa shape index (κ2) is 6.72. The largest absolute Gasteiger partial charge is 0.356 e. The summed E-state index contributed by atoms with van der Waals surface area (Å²) in [6, 6.07) is 0. The molecule has 2 N–H and O–H groups in total. The Morgan fingerprint density at radius 2 is 2.10 bits per heavy atom. The molecule has 112 valence electrons. The Morgan fingerprint density at radius 3 is 2.65 bits per heavy atom. The molecule has 1 heterocycles. The zero-order valence-electron chi connectivity index (χ0n) is 12.7. The van der Waals surface area contributed by atoms with Crippen molar-refractivity contribution in [2.75, 3.05) is 13.6 Å². The molecule has 1 aliphatic rings. The zero-order valence-corrected chi connectivity index (χ0v) is 12.7. The van der Waals surface area contributed by atoms with Crippen LogP contribution in [0.4, 0.5) is 0 Å². The molecule has 0 bridgehead atoms. The van der Waals surface area contributed by atoms with Gasteiger partial charge < -0.3 is 15.2 Å². The smallest absolute Gasteiger partial charge is 0.223 e. The van der Waals surface area contributed by atoms with Gasteiger partial charge in [0.25, 0.3) is 0 Å². The molecule has 0 spiro atoms. The summed E-state index contributed by atoms with van der Waals surface area (Å²) in [5.74, 6) is 2.03. The number of hydrogen-bond acceptors (Lipinski definition) is 4. The lowest BCUT2D eigenvalue weighted by molar-refractivity contribution is 0.283. The molecule has 0 saturated heterocycles. The Kier molecular flexibility index (Phi) is 4.98. The van der Waals surface area contributed by atoms with Crippen molar-refractivity contribution < 1.29 is 4.52 Å². The number of aromatic nitrogens is 2. The van der Waals surface area contributed by atoms with Crippen LogP contribution in [-0.4, -0.2) is 29.7 Å². The first-order valence-electron chi connectivity index (χ1n) is 7.41. The summed E-state index contributed by atoms with van der Waals surface area (Å²) in [5.41, 5.74) is 0.445. The molecule has 1 saturated carbocycles. The van der Waals surface area contributed by atoms with Crippen molar-refractivity contribution >= 4 is 5.96 Å². The highest BCUT2D eigenvalue weighted by Crippen LogP contribution is 2.40. The molecular weight excluding hydrogens is 254 g/mol. The van der Waals surface area contributed by atoms with E-state index in [2.05, 4.69) is 32.7 Å². The van der Waals surface area contributed by atoms with Gasteiger partial charge in [0.1, 0.15) is 0 Å². The average Bonchev–Trinajstić information content (AvgIpc) is 3.09. The lowest BCUT2D eigenvalue weighted by atomic mass is 9.83. The predicted octanol–water partition coefficient (Wildman–Crippen LogP) is 2.01. The van der Waals surface area contributed by atoms with Gasteiger partial charge in [-0.3, -0.25) is 4.99 Å². The number of aliphatic imine (C=N–C) groups is 1. The van der Waals surface area contributed by atoms with Gasteiger partial charge in [-0.1, -0.05) is 24.9 Å². The van der Waals surface area contributed by atoms with Crippen LogP contribution >= 0.6 is 0 Å². The molecule has 0 amide bonds. The summed E-state index contributed by atoms with van der Waals surface area (Å²) in [6.07, 6.45) is 6.56. The SMILES string of the molecule is CCC1(CNC(=NC)NCc2noc(C)n2)CCCC1. The third kappa shape index (κ3) is 3.71. The van der Waals surface area contributed by atoms with E-state index in [1.54, 1.807) is 14.0 Å². The van der Waals surface area contributed by atoms with Crippen molar-refractivity contribution in [1.82, 2.24) is 20.8 Å². The highest BCUT2D eigenvalue weighted by molar-refractivity contribution is 5.79. The van der Waals surface area contributed by atoms with Crippen molar-refractivity contribution in [3.05, 3.63) is 11.7 Å². The maximum absolute atomic E-state index is 4.94. The van der Waals surface area contributed by atoms with E-state index in [0.29, 0.717) is 23.7 Å². The molecule has 6 heteroatoms. The van der Waals surface area contributed by atoms with Crippen LogP contribution in [0.15, 0.2) is 9.52 Å². The van der Waals surface area contributed by atoms with Gasteiger partial charge in [-0.25, -0.2) is 0 Å². The Bertz CT molecular complexity index is 448. The van der Waals surface area contributed by atoms with E-state index >= 15 is 0 Å². The van der Waals surface area contributed by atoms with Crippen LogP contribution in [0.25, 0.3) is 0 Å². The maximum Gasteiger partial charge on any atom is 0.223 e. The highest BCUT2D eigenvalue weighted by Gasteiger charge is 2.31. The second-order valence-electron chi connectivity index (χ2n) is 5.57. The Hall–Kier alpha value is -1.59. The van der Waals surface area contributed by atoms with E-state index in [1.807, 2.05) is 0 Å². The summed E-state index contributed by atoms with van der Waals surface area (Å²) in [7, 11) is 1.78. The van der Waals surface area contributed by atoms with Crippen molar-refractivity contribution in [3.63, 3.8) is 0 Å². The van der Waals surface area contributed by atoms with Gasteiger partial charge >= 0.3 is 0 Å². The fourth-order valence-corrected chi connectivity index (χ4v) is 2.85. The van der Waals surface area contributed by atoms with E-state index in [4.69, 9.17) is 4.52 Å². The van der Waals surface area contributed by atoms with Crippen LogP contribution in [-0.2, 0) is 6.54 Å². The molecule has 0 atom stereocenters. The van der Waals surface area contributed by atoms with Crippen molar-refractivity contribution in [2.24, 2.45) is 10.4 Å². The van der Waals surface area contributed by atoms with E-state index in [9.17, 15) is 0 Å². The molecule has 0 radical (unpaired) electrons. The van der Waals surface area contributed by atoms with Crippen molar-refractivity contribution in [2.45, 2.75) is 52.5 Å². The molecule has 2 rings (SSSR count). The average molecular weight is 279 g/mol. The van der Waals surface area contributed by atoms with Crippen molar-refractivity contribution in [3.8, 4) is 0 Å².